The van der Waals surface area contributed by atoms with Gasteiger partial charge in [-0.1, -0.05) is 30.9 Å². The summed E-state index contributed by atoms with van der Waals surface area (Å²) in [5, 5.41) is -2.35. The fourth-order valence-corrected chi connectivity index (χ4v) is 6.94. The zero-order valence-corrected chi connectivity index (χ0v) is 21.3. The van der Waals surface area contributed by atoms with E-state index in [-0.39, 0.29) is 5.56 Å². The molecule has 0 spiro atoms. The van der Waals surface area contributed by atoms with Crippen molar-refractivity contribution in [1.29, 1.82) is 0 Å². The zero-order chi connectivity index (χ0) is 29.5. The van der Waals surface area contributed by atoms with Crippen LogP contribution in [0.2, 0.25) is 0 Å². The fraction of sp³-hybridized carbons (Fsp3) is 0.0417. The zero-order valence-electron chi connectivity index (χ0n) is 19.6. The molecule has 0 amide bonds. The summed E-state index contributed by atoms with van der Waals surface area (Å²) in [6.45, 7) is 3.45. The molecule has 0 radical (unpaired) electrons. The van der Waals surface area contributed by atoms with Gasteiger partial charge in [-0.15, -0.1) is 3.71 Å². The number of nitrogens with zero attached hydrogens (tertiary/aromatic N) is 4. The van der Waals surface area contributed by atoms with Gasteiger partial charge < -0.3 is 0 Å². The van der Waals surface area contributed by atoms with E-state index in [1.165, 1.54) is 0 Å². The van der Waals surface area contributed by atoms with Crippen LogP contribution in [-0.4, -0.2) is 31.8 Å². The molecule has 1 aromatic carbocycles. The van der Waals surface area contributed by atoms with Gasteiger partial charge in [0.2, 0.25) is 11.9 Å². The molecule has 0 bridgehead atoms. The largest absolute Gasteiger partial charge is 0.418 e. The summed E-state index contributed by atoms with van der Waals surface area (Å²) in [5.74, 6) is -4.83. The quantitative estimate of drug-likeness (QED) is 0.212. The highest BCUT2D eigenvalue weighted by Gasteiger charge is 2.42. The second-order valence-corrected chi connectivity index (χ2v) is 11.5. The summed E-state index contributed by atoms with van der Waals surface area (Å²) in [6, 6.07) is 8.09. The number of hydrogen-bond donors (Lipinski definition) is 0. The van der Waals surface area contributed by atoms with Crippen LogP contribution in [0.1, 0.15) is 11.1 Å². The summed E-state index contributed by atoms with van der Waals surface area (Å²) in [4.78, 5) is 10.0. The first-order valence-electron chi connectivity index (χ1n) is 10.7. The van der Waals surface area contributed by atoms with E-state index < -0.39 is 80.3 Å². The summed E-state index contributed by atoms with van der Waals surface area (Å²) in [7, 11) is -10.9. The van der Waals surface area contributed by atoms with Crippen LogP contribution in [0.5, 0.6) is 0 Å². The van der Waals surface area contributed by atoms with Gasteiger partial charge in [-0.2, -0.15) is 38.8 Å². The number of aromatic nitrogens is 3. The molecule has 208 valence electrons. The molecule has 8 nitrogen and oxygen atoms in total. The topological polar surface area (TPSA) is 110 Å². The average molecular weight is 601 g/mol. The molecule has 4 aromatic rings. The molecule has 0 unspecified atom stereocenters. The highest BCUT2D eigenvalue weighted by Crippen LogP contribution is 2.40. The standard InChI is InChI=1S/C24H14F6N4O4S2/c1-2-14-9-10-15(25)13-16(14)23-17(24(28,29)30)11-12-20(33-23)34(39(35,36)21-7-3-5-18(26)31-21)40(37,38)22-8-4-6-19(27)32-22/h2-13H,1H2. The predicted molar refractivity (Wildman–Crippen MR) is 130 cm³/mol. The molecule has 0 fully saturated rings. The molecule has 16 heteroatoms. The minimum Gasteiger partial charge on any atom is -0.228 e. The molecular formula is C24H14F6N4O4S2. The molecule has 0 saturated carbocycles. The maximum atomic E-state index is 14.1. The van der Waals surface area contributed by atoms with Crippen molar-refractivity contribution in [3.05, 3.63) is 102 Å². The monoisotopic (exact) mass is 600 g/mol. The molecule has 4 rings (SSSR count). The molecular weight excluding hydrogens is 586 g/mol. The van der Waals surface area contributed by atoms with Gasteiger partial charge in [0.1, 0.15) is 5.82 Å². The molecule has 0 aliphatic rings. The van der Waals surface area contributed by atoms with Gasteiger partial charge in [-0.05, 0) is 54.1 Å². The number of halogens is 6. The molecule has 0 aliphatic carbocycles. The molecule has 0 saturated heterocycles. The summed E-state index contributed by atoms with van der Waals surface area (Å²) >= 11 is 0. The van der Waals surface area contributed by atoms with Crippen LogP contribution in [0.25, 0.3) is 17.3 Å². The third kappa shape index (κ3) is 5.40. The van der Waals surface area contributed by atoms with Crippen LogP contribution in [0.3, 0.4) is 0 Å². The smallest absolute Gasteiger partial charge is 0.228 e. The molecule has 0 aliphatic heterocycles. The maximum Gasteiger partial charge on any atom is 0.418 e. The van der Waals surface area contributed by atoms with Gasteiger partial charge >= 0.3 is 6.18 Å². The van der Waals surface area contributed by atoms with Crippen molar-refractivity contribution in [2.45, 2.75) is 16.2 Å². The number of pyridine rings is 3. The average Bonchev–Trinajstić information content (AvgIpc) is 2.88. The van der Waals surface area contributed by atoms with Crippen molar-refractivity contribution in [2.75, 3.05) is 3.71 Å². The van der Waals surface area contributed by atoms with E-state index in [0.717, 1.165) is 42.5 Å². The van der Waals surface area contributed by atoms with Gasteiger partial charge in [0.25, 0.3) is 20.0 Å². The highest BCUT2D eigenvalue weighted by atomic mass is 32.3. The van der Waals surface area contributed by atoms with E-state index in [9.17, 15) is 43.2 Å². The number of sulfonamides is 2. The third-order valence-corrected chi connectivity index (χ3v) is 9.14. The SMILES string of the molecule is C=Cc1ccc(F)cc1-c1nc(N(S(=O)(=O)c2cccc(F)n2)S(=O)(=O)c2cccc(F)n2)ccc1C(F)(F)F. The first kappa shape index (κ1) is 28.7. The molecule has 40 heavy (non-hydrogen) atoms. The van der Waals surface area contributed by atoms with Crippen LogP contribution in [0.4, 0.5) is 32.2 Å². The Kier molecular flexibility index (Phi) is 7.42. The number of hydrogen-bond acceptors (Lipinski definition) is 7. The number of anilines is 1. The van der Waals surface area contributed by atoms with E-state index in [1.54, 1.807) is 0 Å². The van der Waals surface area contributed by atoms with E-state index in [2.05, 4.69) is 21.5 Å². The minimum absolute atomic E-state index is 0.0626. The summed E-state index contributed by atoms with van der Waals surface area (Å²) in [5.41, 5.74) is -3.11. The Labute approximate surface area is 223 Å². The van der Waals surface area contributed by atoms with E-state index in [4.69, 9.17) is 0 Å². The first-order chi connectivity index (χ1) is 18.7. The van der Waals surface area contributed by atoms with Crippen molar-refractivity contribution >= 4 is 31.9 Å². The van der Waals surface area contributed by atoms with Crippen molar-refractivity contribution in [2.24, 2.45) is 0 Å². The number of alkyl halides is 3. The van der Waals surface area contributed by atoms with E-state index in [1.807, 2.05) is 0 Å². The van der Waals surface area contributed by atoms with Gasteiger partial charge in [-0.3, -0.25) is 0 Å². The van der Waals surface area contributed by atoms with Crippen molar-refractivity contribution in [3.8, 4) is 11.3 Å². The van der Waals surface area contributed by atoms with Crippen LogP contribution >= 0.6 is 0 Å². The summed E-state index contributed by atoms with van der Waals surface area (Å²) < 4.78 is 137. The maximum absolute atomic E-state index is 14.1. The number of benzene rings is 1. The van der Waals surface area contributed by atoms with Crippen molar-refractivity contribution in [1.82, 2.24) is 15.0 Å². The van der Waals surface area contributed by atoms with Crippen LogP contribution in [-0.2, 0) is 26.2 Å². The Bertz CT molecular complexity index is 1770. The Morgan fingerprint density at radius 3 is 1.77 bits per heavy atom. The van der Waals surface area contributed by atoms with Crippen LogP contribution < -0.4 is 3.71 Å². The Morgan fingerprint density at radius 2 is 1.30 bits per heavy atom. The lowest BCUT2D eigenvalue weighted by molar-refractivity contribution is -0.137. The van der Waals surface area contributed by atoms with Gasteiger partial charge in [0, 0.05) is 5.56 Å². The van der Waals surface area contributed by atoms with Crippen molar-refractivity contribution < 1.29 is 43.2 Å². The fourth-order valence-electron chi connectivity index (χ4n) is 3.51. The van der Waals surface area contributed by atoms with Gasteiger partial charge in [-0.25, -0.2) is 19.3 Å². The van der Waals surface area contributed by atoms with E-state index >= 15 is 0 Å². The third-order valence-electron chi connectivity index (χ3n) is 5.21. The van der Waals surface area contributed by atoms with Gasteiger partial charge in [0.15, 0.2) is 15.9 Å². The predicted octanol–water partition coefficient (Wildman–Crippen LogP) is 5.20. The van der Waals surface area contributed by atoms with Crippen LogP contribution in [0.15, 0.2) is 83.4 Å². The lowest BCUT2D eigenvalue weighted by atomic mass is 9.99. The lowest BCUT2D eigenvalue weighted by Gasteiger charge is -2.24. The molecule has 0 N–H and O–H groups in total. The van der Waals surface area contributed by atoms with E-state index in [0.29, 0.717) is 30.3 Å². The Morgan fingerprint density at radius 1 is 0.750 bits per heavy atom. The molecule has 0 atom stereocenters. The molecule has 3 aromatic heterocycles. The first-order valence-corrected chi connectivity index (χ1v) is 13.6. The van der Waals surface area contributed by atoms with Crippen LogP contribution in [0, 0.1) is 17.7 Å². The second kappa shape index (κ2) is 10.3. The second-order valence-electron chi connectivity index (χ2n) is 7.80. The van der Waals surface area contributed by atoms with Gasteiger partial charge in [0.05, 0.1) is 11.3 Å². The summed E-state index contributed by atoms with van der Waals surface area (Å²) in [6.07, 6.45) is -4.05. The van der Waals surface area contributed by atoms with Crippen molar-refractivity contribution in [3.63, 3.8) is 0 Å². The minimum atomic E-state index is -5.47. The Balaban J connectivity index is 2.10. The molecule has 3 heterocycles. The lowest BCUT2D eigenvalue weighted by Crippen LogP contribution is -2.38. The Hall–Kier alpha value is -4.31. The number of rotatable bonds is 7. The normalized spacial score (nSPS) is 12.2. The highest BCUT2D eigenvalue weighted by molar-refractivity contribution is 8.10.